The fourth-order valence-corrected chi connectivity index (χ4v) is 4.76. The van der Waals surface area contributed by atoms with Crippen LogP contribution in [-0.2, 0) is 27.1 Å². The summed E-state index contributed by atoms with van der Waals surface area (Å²) in [6.07, 6.45) is 7.93. The molecule has 1 aromatic rings. The summed E-state index contributed by atoms with van der Waals surface area (Å²) in [5.41, 5.74) is 5.81. The van der Waals surface area contributed by atoms with E-state index in [1.165, 1.54) is 35.1 Å². The lowest BCUT2D eigenvalue weighted by Gasteiger charge is -2.42. The van der Waals surface area contributed by atoms with Crippen LogP contribution in [0.1, 0.15) is 56.8 Å². The smallest absolute Gasteiger partial charge is 0.122 e. The lowest BCUT2D eigenvalue weighted by Crippen LogP contribution is -2.37. The summed E-state index contributed by atoms with van der Waals surface area (Å²) in [6, 6.07) is 7.45. The van der Waals surface area contributed by atoms with Crippen molar-refractivity contribution in [3.63, 3.8) is 0 Å². The summed E-state index contributed by atoms with van der Waals surface area (Å²) >= 11 is 0. The molecule has 1 aromatic carbocycles. The van der Waals surface area contributed by atoms with Gasteiger partial charge in [-0.15, -0.1) is 0 Å². The first-order valence-corrected chi connectivity index (χ1v) is 11.6. The van der Waals surface area contributed by atoms with Crippen molar-refractivity contribution in [2.45, 2.75) is 59.1 Å². The Morgan fingerprint density at radius 2 is 2.03 bits per heavy atom. The molecule has 0 radical (unpaired) electrons. The Bertz CT molecular complexity index is 789. The van der Waals surface area contributed by atoms with Crippen molar-refractivity contribution in [3.8, 4) is 0 Å². The van der Waals surface area contributed by atoms with Gasteiger partial charge in [-0.05, 0) is 53.9 Å². The molecule has 4 nitrogen and oxygen atoms in total. The number of ether oxygens (including phenoxy) is 3. The van der Waals surface area contributed by atoms with Gasteiger partial charge < -0.3 is 19.1 Å². The molecule has 4 heteroatoms. The molecule has 3 aliphatic heterocycles. The normalized spacial score (nSPS) is 23.7. The van der Waals surface area contributed by atoms with Gasteiger partial charge in [-0.1, -0.05) is 45.9 Å². The van der Waals surface area contributed by atoms with Crippen molar-refractivity contribution in [3.05, 3.63) is 58.5 Å². The Morgan fingerprint density at radius 1 is 1.17 bits per heavy atom. The van der Waals surface area contributed by atoms with Crippen LogP contribution in [0.5, 0.6) is 0 Å². The van der Waals surface area contributed by atoms with E-state index in [-0.39, 0.29) is 12.1 Å². The van der Waals surface area contributed by atoms with Crippen LogP contribution in [-0.4, -0.2) is 44.0 Å². The van der Waals surface area contributed by atoms with Crippen LogP contribution in [0.25, 0.3) is 0 Å². The minimum Gasteiger partial charge on any atom is -0.491 e. The minimum atomic E-state index is 0.0215. The SMILES string of the molecule is CC(C)CCc1ccc2c(c1)CCN1C=CC(OC[C@@H]3COCCO3)=C(C(C)C)C21. The molecule has 0 amide bonds. The van der Waals surface area contributed by atoms with Crippen molar-refractivity contribution in [1.82, 2.24) is 4.90 Å². The van der Waals surface area contributed by atoms with E-state index in [1.54, 1.807) is 0 Å². The zero-order valence-corrected chi connectivity index (χ0v) is 19.0. The van der Waals surface area contributed by atoms with Gasteiger partial charge in [0.25, 0.3) is 0 Å². The zero-order chi connectivity index (χ0) is 21.1. The summed E-state index contributed by atoms with van der Waals surface area (Å²) in [5, 5.41) is 0. The highest BCUT2D eigenvalue weighted by Gasteiger charge is 2.34. The van der Waals surface area contributed by atoms with E-state index in [9.17, 15) is 0 Å². The number of benzene rings is 1. The number of rotatable bonds is 7. The highest BCUT2D eigenvalue weighted by atomic mass is 16.6. The van der Waals surface area contributed by atoms with Gasteiger partial charge in [0.15, 0.2) is 0 Å². The first-order chi connectivity index (χ1) is 14.5. The number of allylic oxidation sites excluding steroid dienone is 1. The first kappa shape index (κ1) is 21.5. The van der Waals surface area contributed by atoms with Crippen LogP contribution in [0.15, 0.2) is 41.8 Å². The molecule has 0 bridgehead atoms. The molecule has 0 aromatic heterocycles. The van der Waals surface area contributed by atoms with Crippen molar-refractivity contribution >= 4 is 0 Å². The molecule has 164 valence electrons. The van der Waals surface area contributed by atoms with Crippen LogP contribution in [0.4, 0.5) is 0 Å². The molecule has 3 aliphatic rings. The molecule has 30 heavy (non-hydrogen) atoms. The number of hydrogen-bond donors (Lipinski definition) is 0. The van der Waals surface area contributed by atoms with Crippen molar-refractivity contribution in [2.24, 2.45) is 11.8 Å². The highest BCUT2D eigenvalue weighted by molar-refractivity contribution is 5.45. The van der Waals surface area contributed by atoms with E-state index in [4.69, 9.17) is 14.2 Å². The minimum absolute atomic E-state index is 0.0215. The van der Waals surface area contributed by atoms with Gasteiger partial charge in [0.2, 0.25) is 0 Å². The molecule has 0 spiro atoms. The van der Waals surface area contributed by atoms with E-state index in [0.29, 0.717) is 32.3 Å². The number of hydrogen-bond acceptors (Lipinski definition) is 4. The summed E-state index contributed by atoms with van der Waals surface area (Å²) in [7, 11) is 0. The molecular formula is C26H37NO3. The molecule has 4 rings (SSSR count). The summed E-state index contributed by atoms with van der Waals surface area (Å²) in [4.78, 5) is 2.48. The maximum absolute atomic E-state index is 6.31. The average molecular weight is 412 g/mol. The Balaban J connectivity index is 1.58. The molecule has 1 fully saturated rings. The summed E-state index contributed by atoms with van der Waals surface area (Å²) in [5.74, 6) is 2.17. The predicted molar refractivity (Wildman–Crippen MR) is 120 cm³/mol. The van der Waals surface area contributed by atoms with Crippen molar-refractivity contribution in [1.29, 1.82) is 0 Å². The number of fused-ring (bicyclic) bond motifs is 3. The van der Waals surface area contributed by atoms with Crippen LogP contribution in [0, 0.1) is 11.8 Å². The van der Waals surface area contributed by atoms with Crippen molar-refractivity contribution in [2.75, 3.05) is 33.0 Å². The van der Waals surface area contributed by atoms with E-state index in [0.717, 1.165) is 24.6 Å². The zero-order valence-electron chi connectivity index (χ0n) is 19.0. The third-order valence-corrected chi connectivity index (χ3v) is 6.41. The van der Waals surface area contributed by atoms with Crippen LogP contribution in [0.2, 0.25) is 0 Å². The topological polar surface area (TPSA) is 30.9 Å². The third kappa shape index (κ3) is 4.76. The highest BCUT2D eigenvalue weighted by Crippen LogP contribution is 2.43. The van der Waals surface area contributed by atoms with Gasteiger partial charge in [0, 0.05) is 18.3 Å². The Morgan fingerprint density at radius 3 is 2.77 bits per heavy atom. The predicted octanol–water partition coefficient (Wildman–Crippen LogP) is 5.04. The maximum Gasteiger partial charge on any atom is 0.122 e. The first-order valence-electron chi connectivity index (χ1n) is 11.6. The van der Waals surface area contributed by atoms with Gasteiger partial charge in [-0.2, -0.15) is 0 Å². The van der Waals surface area contributed by atoms with E-state index >= 15 is 0 Å². The average Bonchev–Trinajstić information content (AvgIpc) is 2.75. The van der Waals surface area contributed by atoms with Gasteiger partial charge in [0.05, 0.1) is 25.9 Å². The lowest BCUT2D eigenvalue weighted by atomic mass is 9.81. The molecule has 1 unspecified atom stereocenters. The molecule has 1 saturated heterocycles. The molecule has 3 heterocycles. The summed E-state index contributed by atoms with van der Waals surface area (Å²) in [6.45, 7) is 12.7. The quantitative estimate of drug-likeness (QED) is 0.629. The Kier molecular flexibility index (Phi) is 6.84. The molecule has 0 aliphatic carbocycles. The van der Waals surface area contributed by atoms with Gasteiger partial charge in [-0.25, -0.2) is 0 Å². The second-order valence-electron chi connectivity index (χ2n) is 9.52. The van der Waals surface area contributed by atoms with Gasteiger partial charge in [-0.3, -0.25) is 0 Å². The second-order valence-corrected chi connectivity index (χ2v) is 9.52. The fourth-order valence-electron chi connectivity index (χ4n) is 4.76. The van der Waals surface area contributed by atoms with Crippen LogP contribution < -0.4 is 0 Å². The van der Waals surface area contributed by atoms with Crippen LogP contribution in [0.3, 0.4) is 0 Å². The van der Waals surface area contributed by atoms with Gasteiger partial charge in [0.1, 0.15) is 18.5 Å². The molecular weight excluding hydrogens is 374 g/mol. The lowest BCUT2D eigenvalue weighted by molar-refractivity contribution is -0.108. The van der Waals surface area contributed by atoms with E-state index in [2.05, 4.69) is 63.1 Å². The standard InChI is InChI=1S/C26H37NO3/c1-18(2)5-6-20-7-8-23-21(15-20)9-11-27-12-10-24(25(19(3)4)26(23)27)30-17-22-16-28-13-14-29-22/h7-8,10,12,15,18-19,22,26H,5-6,9,11,13-14,16-17H2,1-4H3/t22-,26?/m0/s1. The molecule has 0 saturated carbocycles. The van der Waals surface area contributed by atoms with E-state index < -0.39 is 0 Å². The Hall–Kier alpha value is -1.78. The maximum atomic E-state index is 6.31. The fraction of sp³-hybridized carbons (Fsp3) is 0.615. The van der Waals surface area contributed by atoms with E-state index in [1.807, 2.05) is 0 Å². The molecule has 2 atom stereocenters. The third-order valence-electron chi connectivity index (χ3n) is 6.41. The number of nitrogens with zero attached hydrogens (tertiary/aromatic N) is 1. The van der Waals surface area contributed by atoms with Crippen LogP contribution >= 0.6 is 0 Å². The number of aryl methyl sites for hydroxylation is 1. The second kappa shape index (κ2) is 9.57. The largest absolute Gasteiger partial charge is 0.491 e. The van der Waals surface area contributed by atoms with Gasteiger partial charge >= 0.3 is 0 Å². The monoisotopic (exact) mass is 411 g/mol. The molecule has 0 N–H and O–H groups in total. The summed E-state index contributed by atoms with van der Waals surface area (Å²) < 4.78 is 17.6. The Labute approximate surface area is 181 Å². The van der Waals surface area contributed by atoms with Crippen molar-refractivity contribution < 1.29 is 14.2 Å².